The number of Topliss-reactive ketones (excluding diaryl/α,β-unsaturated/α-hetero) is 1. The van der Waals surface area contributed by atoms with Gasteiger partial charge in [0.1, 0.15) is 6.61 Å². The Hall–Kier alpha value is -0.410. The monoisotopic (exact) mass is 201 g/mol. The predicted octanol–water partition coefficient (Wildman–Crippen LogP) is 1.57. The summed E-state index contributed by atoms with van der Waals surface area (Å²) in [6.07, 6.45) is 1.18. The largest absolute Gasteiger partial charge is 0.373 e. The number of carbonyl (C=O) groups excluding carboxylic acids is 1. The molecule has 0 aromatic heterocycles. The molecule has 0 saturated heterocycles. The Kier molecular flexibility index (Phi) is 7.71. The lowest BCUT2D eigenvalue weighted by Gasteiger charge is -2.20. The molecule has 0 amide bonds. The van der Waals surface area contributed by atoms with Crippen LogP contribution in [-0.2, 0) is 9.53 Å². The Morgan fingerprint density at radius 3 is 2.64 bits per heavy atom. The quantitative estimate of drug-likeness (QED) is 0.597. The van der Waals surface area contributed by atoms with Crippen LogP contribution < -0.4 is 0 Å². The molecule has 0 aliphatic heterocycles. The molecule has 0 aliphatic rings. The van der Waals surface area contributed by atoms with E-state index in [2.05, 4.69) is 25.8 Å². The summed E-state index contributed by atoms with van der Waals surface area (Å²) in [4.78, 5) is 12.9. The molecule has 0 heterocycles. The van der Waals surface area contributed by atoms with Gasteiger partial charge in [-0.2, -0.15) is 0 Å². The van der Waals surface area contributed by atoms with E-state index in [1.165, 1.54) is 6.42 Å². The smallest absolute Gasteiger partial charge is 0.155 e. The van der Waals surface area contributed by atoms with Crippen LogP contribution in [0.3, 0.4) is 0 Å². The fourth-order valence-corrected chi connectivity index (χ4v) is 1.46. The number of ether oxygens (including phenoxy) is 1. The van der Waals surface area contributed by atoms with Gasteiger partial charge < -0.3 is 9.64 Å². The molecule has 0 aliphatic carbocycles. The maximum absolute atomic E-state index is 10.6. The first-order valence-electron chi connectivity index (χ1n) is 5.32. The normalized spacial score (nSPS) is 13.2. The lowest BCUT2D eigenvalue weighted by molar-refractivity contribution is -0.121. The van der Waals surface area contributed by atoms with Gasteiger partial charge in [0.05, 0.1) is 6.61 Å². The maximum atomic E-state index is 10.6. The van der Waals surface area contributed by atoms with E-state index in [1.807, 2.05) is 0 Å². The van der Waals surface area contributed by atoms with Gasteiger partial charge in [0, 0.05) is 6.54 Å². The van der Waals surface area contributed by atoms with Crippen LogP contribution in [0.25, 0.3) is 0 Å². The van der Waals surface area contributed by atoms with Gasteiger partial charge in [-0.3, -0.25) is 4.79 Å². The predicted molar refractivity (Wildman–Crippen MR) is 58.5 cm³/mol. The van der Waals surface area contributed by atoms with Gasteiger partial charge in [0.2, 0.25) is 0 Å². The first-order chi connectivity index (χ1) is 6.56. The van der Waals surface area contributed by atoms with Crippen molar-refractivity contribution >= 4 is 5.78 Å². The molecule has 1 atom stereocenters. The molecule has 0 bridgehead atoms. The van der Waals surface area contributed by atoms with Crippen LogP contribution in [0.5, 0.6) is 0 Å². The fraction of sp³-hybridized carbons (Fsp3) is 0.909. The number of carbonyl (C=O) groups is 1. The fourth-order valence-electron chi connectivity index (χ4n) is 1.46. The second-order valence-electron chi connectivity index (χ2n) is 4.08. The van der Waals surface area contributed by atoms with Crippen LogP contribution in [0.4, 0.5) is 0 Å². The topological polar surface area (TPSA) is 29.5 Å². The van der Waals surface area contributed by atoms with Crippen molar-refractivity contribution in [2.75, 3.05) is 33.4 Å². The molecular weight excluding hydrogens is 178 g/mol. The maximum Gasteiger partial charge on any atom is 0.155 e. The lowest BCUT2D eigenvalue weighted by Crippen LogP contribution is -2.27. The average molecular weight is 201 g/mol. The molecule has 1 unspecified atom stereocenters. The second kappa shape index (κ2) is 7.94. The average Bonchev–Trinajstić information content (AvgIpc) is 2.03. The van der Waals surface area contributed by atoms with E-state index < -0.39 is 0 Å². The van der Waals surface area contributed by atoms with Crippen molar-refractivity contribution in [3.8, 4) is 0 Å². The van der Waals surface area contributed by atoms with Crippen molar-refractivity contribution in [2.45, 2.75) is 27.2 Å². The molecule has 14 heavy (non-hydrogen) atoms. The number of rotatable bonds is 8. The van der Waals surface area contributed by atoms with Gasteiger partial charge >= 0.3 is 0 Å². The van der Waals surface area contributed by atoms with Crippen molar-refractivity contribution in [1.29, 1.82) is 0 Å². The zero-order valence-corrected chi connectivity index (χ0v) is 9.88. The molecule has 0 aromatic rings. The highest BCUT2D eigenvalue weighted by atomic mass is 16.5. The molecule has 0 saturated carbocycles. The van der Waals surface area contributed by atoms with Crippen LogP contribution in [0.15, 0.2) is 0 Å². The third-order valence-corrected chi connectivity index (χ3v) is 1.94. The van der Waals surface area contributed by atoms with E-state index in [4.69, 9.17) is 4.74 Å². The lowest BCUT2D eigenvalue weighted by atomic mass is 10.2. The Balaban J connectivity index is 3.44. The Morgan fingerprint density at radius 1 is 1.50 bits per heavy atom. The summed E-state index contributed by atoms with van der Waals surface area (Å²) < 4.78 is 5.26. The van der Waals surface area contributed by atoms with E-state index in [1.54, 1.807) is 6.92 Å². The minimum atomic E-state index is 0.0964. The highest BCUT2D eigenvalue weighted by Gasteiger charge is 2.06. The van der Waals surface area contributed by atoms with Crippen LogP contribution in [0.1, 0.15) is 27.2 Å². The van der Waals surface area contributed by atoms with Crippen molar-refractivity contribution in [1.82, 2.24) is 4.90 Å². The van der Waals surface area contributed by atoms with E-state index in [9.17, 15) is 4.79 Å². The molecular formula is C11H23NO2. The molecule has 0 radical (unpaired) electrons. The summed E-state index contributed by atoms with van der Waals surface area (Å²) in [5.74, 6) is 0.588. The second-order valence-corrected chi connectivity index (χ2v) is 4.08. The standard InChI is InChI=1S/C11H23NO2/c1-5-6-12(4)7-10(2)8-14-9-11(3)13/h10H,5-9H2,1-4H3. The van der Waals surface area contributed by atoms with Crippen molar-refractivity contribution < 1.29 is 9.53 Å². The summed E-state index contributed by atoms with van der Waals surface area (Å²) in [5.41, 5.74) is 0. The minimum Gasteiger partial charge on any atom is -0.373 e. The van der Waals surface area contributed by atoms with E-state index in [0.29, 0.717) is 12.5 Å². The minimum absolute atomic E-state index is 0.0964. The number of nitrogens with zero attached hydrogens (tertiary/aromatic N) is 1. The third kappa shape index (κ3) is 8.20. The molecule has 0 fully saturated rings. The molecule has 3 heteroatoms. The SMILES string of the molecule is CCCN(C)CC(C)COCC(C)=O. The van der Waals surface area contributed by atoms with Crippen LogP contribution in [-0.4, -0.2) is 44.0 Å². The van der Waals surface area contributed by atoms with Crippen molar-refractivity contribution in [3.63, 3.8) is 0 Å². The molecule has 0 N–H and O–H groups in total. The van der Waals surface area contributed by atoms with Crippen molar-refractivity contribution in [3.05, 3.63) is 0 Å². The van der Waals surface area contributed by atoms with Gasteiger partial charge in [-0.15, -0.1) is 0 Å². The molecule has 0 aromatic carbocycles. The third-order valence-electron chi connectivity index (χ3n) is 1.94. The number of ketones is 1. The zero-order chi connectivity index (χ0) is 11.0. The number of hydrogen-bond donors (Lipinski definition) is 0. The molecule has 0 rings (SSSR count). The van der Waals surface area contributed by atoms with Crippen LogP contribution in [0.2, 0.25) is 0 Å². The molecule has 84 valence electrons. The van der Waals surface area contributed by atoms with Gasteiger partial charge in [0.15, 0.2) is 5.78 Å². The highest BCUT2D eigenvalue weighted by molar-refractivity contribution is 5.76. The molecule has 0 spiro atoms. The Morgan fingerprint density at radius 2 is 2.14 bits per heavy atom. The molecule has 3 nitrogen and oxygen atoms in total. The van der Waals surface area contributed by atoms with Crippen LogP contribution >= 0.6 is 0 Å². The van der Waals surface area contributed by atoms with E-state index in [-0.39, 0.29) is 12.4 Å². The highest BCUT2D eigenvalue weighted by Crippen LogP contribution is 1.99. The summed E-state index contributed by atoms with van der Waals surface area (Å²) in [5, 5.41) is 0. The van der Waals surface area contributed by atoms with E-state index in [0.717, 1.165) is 13.1 Å². The van der Waals surface area contributed by atoms with E-state index >= 15 is 0 Å². The van der Waals surface area contributed by atoms with Crippen molar-refractivity contribution in [2.24, 2.45) is 5.92 Å². The Labute approximate surface area is 87.4 Å². The summed E-state index contributed by atoms with van der Waals surface area (Å²) >= 11 is 0. The summed E-state index contributed by atoms with van der Waals surface area (Å²) in [6.45, 7) is 8.95. The number of hydrogen-bond acceptors (Lipinski definition) is 3. The van der Waals surface area contributed by atoms with Gasteiger partial charge in [-0.05, 0) is 32.9 Å². The first kappa shape index (κ1) is 13.6. The van der Waals surface area contributed by atoms with Crippen LogP contribution in [0, 0.1) is 5.92 Å². The summed E-state index contributed by atoms with van der Waals surface area (Å²) in [7, 11) is 2.12. The van der Waals surface area contributed by atoms with Gasteiger partial charge in [-0.1, -0.05) is 13.8 Å². The summed E-state index contributed by atoms with van der Waals surface area (Å²) in [6, 6.07) is 0. The van der Waals surface area contributed by atoms with Gasteiger partial charge in [-0.25, -0.2) is 0 Å². The van der Waals surface area contributed by atoms with Gasteiger partial charge in [0.25, 0.3) is 0 Å². The Bertz CT molecular complexity index is 159. The zero-order valence-electron chi connectivity index (χ0n) is 9.88. The first-order valence-corrected chi connectivity index (χ1v) is 5.32.